The van der Waals surface area contributed by atoms with Crippen molar-refractivity contribution < 1.29 is 9.53 Å². The Morgan fingerprint density at radius 2 is 2.27 bits per heavy atom. The summed E-state index contributed by atoms with van der Waals surface area (Å²) in [6.07, 6.45) is 0.283. The molecule has 0 aliphatic carbocycles. The highest BCUT2D eigenvalue weighted by molar-refractivity contribution is 7.00. The number of fused-ring (bicyclic) bond motifs is 1. The van der Waals surface area contributed by atoms with Crippen LogP contribution in [-0.2, 0) is 16.0 Å². The van der Waals surface area contributed by atoms with Crippen molar-refractivity contribution in [3.8, 4) is 0 Å². The van der Waals surface area contributed by atoms with Crippen molar-refractivity contribution in [2.24, 2.45) is 0 Å². The molecule has 0 fully saturated rings. The van der Waals surface area contributed by atoms with Crippen LogP contribution in [0.2, 0.25) is 0 Å². The van der Waals surface area contributed by atoms with E-state index in [9.17, 15) is 4.79 Å². The molecule has 15 heavy (non-hydrogen) atoms. The van der Waals surface area contributed by atoms with E-state index in [1.165, 1.54) is 18.8 Å². The van der Waals surface area contributed by atoms with E-state index in [1.54, 1.807) is 0 Å². The van der Waals surface area contributed by atoms with Crippen LogP contribution in [0.25, 0.3) is 11.0 Å². The molecule has 1 aromatic carbocycles. The number of carbonyl (C=O) groups is 1. The number of aryl methyl sites for hydroxylation is 1. The standard InChI is InChI=1S/C10H10N2O2S/c1-6-3-7(5-9(13)14-2)4-8-10(6)12-15-11-8/h3-4H,5H2,1-2H3. The van der Waals surface area contributed by atoms with E-state index in [0.29, 0.717) is 0 Å². The van der Waals surface area contributed by atoms with Crippen molar-refractivity contribution in [2.75, 3.05) is 7.11 Å². The maximum absolute atomic E-state index is 11.1. The molecule has 0 saturated heterocycles. The smallest absolute Gasteiger partial charge is 0.309 e. The molecule has 0 atom stereocenters. The Morgan fingerprint density at radius 1 is 1.47 bits per heavy atom. The topological polar surface area (TPSA) is 52.1 Å². The largest absolute Gasteiger partial charge is 0.469 e. The normalized spacial score (nSPS) is 10.5. The SMILES string of the molecule is COC(=O)Cc1cc(C)c2nsnc2c1. The van der Waals surface area contributed by atoms with Gasteiger partial charge in [0.15, 0.2) is 0 Å². The molecule has 0 radical (unpaired) electrons. The minimum absolute atomic E-state index is 0.239. The molecule has 0 N–H and O–H groups in total. The van der Waals surface area contributed by atoms with Gasteiger partial charge in [0.05, 0.1) is 25.3 Å². The summed E-state index contributed by atoms with van der Waals surface area (Å²) >= 11 is 1.18. The fourth-order valence-corrected chi connectivity index (χ4v) is 2.06. The van der Waals surface area contributed by atoms with Gasteiger partial charge in [-0.05, 0) is 24.1 Å². The lowest BCUT2D eigenvalue weighted by Gasteiger charge is -2.01. The van der Waals surface area contributed by atoms with Crippen molar-refractivity contribution in [3.05, 3.63) is 23.3 Å². The molecule has 1 aromatic heterocycles. The van der Waals surface area contributed by atoms with Crippen LogP contribution in [0.4, 0.5) is 0 Å². The summed E-state index contributed by atoms with van der Waals surface area (Å²) in [7, 11) is 1.39. The molecule has 1 heterocycles. The maximum atomic E-state index is 11.1. The highest BCUT2D eigenvalue weighted by Gasteiger charge is 2.08. The van der Waals surface area contributed by atoms with Gasteiger partial charge in [-0.2, -0.15) is 8.75 Å². The van der Waals surface area contributed by atoms with Gasteiger partial charge in [0, 0.05) is 0 Å². The minimum Gasteiger partial charge on any atom is -0.469 e. The number of hydrogen-bond donors (Lipinski definition) is 0. The first kappa shape index (κ1) is 10.0. The predicted octanol–water partition coefficient (Wildman–Crippen LogP) is 1.72. The molecule has 2 aromatic rings. The summed E-state index contributed by atoms with van der Waals surface area (Å²) in [5.41, 5.74) is 3.72. The first-order valence-corrected chi connectivity index (χ1v) is 5.22. The third-order valence-corrected chi connectivity index (χ3v) is 2.73. The molecule has 4 nitrogen and oxygen atoms in total. The van der Waals surface area contributed by atoms with Crippen LogP contribution in [0, 0.1) is 6.92 Å². The van der Waals surface area contributed by atoms with E-state index in [-0.39, 0.29) is 12.4 Å². The van der Waals surface area contributed by atoms with Crippen molar-refractivity contribution >= 4 is 28.7 Å². The van der Waals surface area contributed by atoms with Crippen LogP contribution in [0.3, 0.4) is 0 Å². The van der Waals surface area contributed by atoms with Gasteiger partial charge in [-0.15, -0.1) is 0 Å². The molecule has 0 aliphatic rings. The Balaban J connectivity index is 2.40. The van der Waals surface area contributed by atoms with Crippen LogP contribution < -0.4 is 0 Å². The van der Waals surface area contributed by atoms with Gasteiger partial charge in [0.1, 0.15) is 11.0 Å². The zero-order valence-corrected chi connectivity index (χ0v) is 9.30. The Kier molecular flexibility index (Phi) is 2.64. The number of aromatic nitrogens is 2. The number of hydrogen-bond acceptors (Lipinski definition) is 5. The lowest BCUT2D eigenvalue weighted by atomic mass is 10.1. The van der Waals surface area contributed by atoms with E-state index in [0.717, 1.165) is 22.2 Å². The van der Waals surface area contributed by atoms with E-state index in [1.807, 2.05) is 19.1 Å². The van der Waals surface area contributed by atoms with Crippen LogP contribution in [0.1, 0.15) is 11.1 Å². The van der Waals surface area contributed by atoms with Gasteiger partial charge >= 0.3 is 5.97 Å². The molecule has 78 valence electrons. The van der Waals surface area contributed by atoms with E-state index in [4.69, 9.17) is 0 Å². The molecule has 0 spiro atoms. The summed E-state index contributed by atoms with van der Waals surface area (Å²) in [5, 5.41) is 0. The number of carbonyl (C=O) groups excluding carboxylic acids is 1. The maximum Gasteiger partial charge on any atom is 0.309 e. The third kappa shape index (κ3) is 1.97. The molecule has 0 amide bonds. The van der Waals surface area contributed by atoms with Crippen LogP contribution in [0.5, 0.6) is 0 Å². The number of nitrogens with zero attached hydrogens (tertiary/aromatic N) is 2. The number of methoxy groups -OCH3 is 1. The average Bonchev–Trinajstić information content (AvgIpc) is 2.66. The van der Waals surface area contributed by atoms with Gasteiger partial charge in [0.2, 0.25) is 0 Å². The van der Waals surface area contributed by atoms with E-state index < -0.39 is 0 Å². The van der Waals surface area contributed by atoms with Gasteiger partial charge in [0.25, 0.3) is 0 Å². The lowest BCUT2D eigenvalue weighted by molar-refractivity contribution is -0.139. The Labute approximate surface area is 91.2 Å². The molecule has 5 heteroatoms. The first-order valence-electron chi connectivity index (χ1n) is 4.49. The number of benzene rings is 1. The zero-order chi connectivity index (χ0) is 10.8. The number of esters is 1. The summed E-state index contributed by atoms with van der Waals surface area (Å²) < 4.78 is 12.9. The van der Waals surface area contributed by atoms with Crippen molar-refractivity contribution in [2.45, 2.75) is 13.3 Å². The van der Waals surface area contributed by atoms with E-state index >= 15 is 0 Å². The van der Waals surface area contributed by atoms with Crippen molar-refractivity contribution in [1.82, 2.24) is 8.75 Å². The number of rotatable bonds is 2. The lowest BCUT2D eigenvalue weighted by Crippen LogP contribution is -2.04. The second-order valence-corrected chi connectivity index (χ2v) is 3.83. The summed E-state index contributed by atoms with van der Waals surface area (Å²) in [5.74, 6) is -0.239. The van der Waals surface area contributed by atoms with Crippen LogP contribution >= 0.6 is 11.7 Å². The zero-order valence-electron chi connectivity index (χ0n) is 8.48. The summed E-state index contributed by atoms with van der Waals surface area (Å²) in [4.78, 5) is 11.1. The van der Waals surface area contributed by atoms with Crippen molar-refractivity contribution in [3.63, 3.8) is 0 Å². The second kappa shape index (κ2) is 3.94. The number of ether oxygens (including phenoxy) is 1. The molecular weight excluding hydrogens is 212 g/mol. The molecule has 2 rings (SSSR count). The highest BCUT2D eigenvalue weighted by atomic mass is 32.1. The average molecular weight is 222 g/mol. The fourth-order valence-electron chi connectivity index (χ4n) is 1.47. The van der Waals surface area contributed by atoms with Crippen LogP contribution in [-0.4, -0.2) is 21.8 Å². The van der Waals surface area contributed by atoms with Gasteiger partial charge in [-0.1, -0.05) is 6.07 Å². The van der Waals surface area contributed by atoms with Gasteiger partial charge < -0.3 is 4.74 Å². The Morgan fingerprint density at radius 3 is 3.00 bits per heavy atom. The van der Waals surface area contributed by atoms with Gasteiger partial charge in [-0.3, -0.25) is 4.79 Å². The van der Waals surface area contributed by atoms with Crippen molar-refractivity contribution in [1.29, 1.82) is 0 Å². The predicted molar refractivity (Wildman–Crippen MR) is 57.9 cm³/mol. The summed E-state index contributed by atoms with van der Waals surface area (Å²) in [6, 6.07) is 3.82. The monoisotopic (exact) mass is 222 g/mol. The Hall–Kier alpha value is -1.49. The third-order valence-electron chi connectivity index (χ3n) is 2.19. The van der Waals surface area contributed by atoms with Gasteiger partial charge in [-0.25, -0.2) is 0 Å². The van der Waals surface area contributed by atoms with Crippen LogP contribution in [0.15, 0.2) is 12.1 Å². The molecule has 0 unspecified atom stereocenters. The fraction of sp³-hybridized carbons (Fsp3) is 0.300. The molecule has 0 bridgehead atoms. The Bertz CT molecular complexity index is 507. The second-order valence-electron chi connectivity index (χ2n) is 3.30. The highest BCUT2D eigenvalue weighted by Crippen LogP contribution is 2.18. The molecular formula is C10H10N2O2S. The quantitative estimate of drug-likeness (QED) is 0.726. The molecule has 0 saturated carbocycles. The minimum atomic E-state index is -0.239. The first-order chi connectivity index (χ1) is 7.20. The van der Waals surface area contributed by atoms with E-state index in [2.05, 4.69) is 13.5 Å². The molecule has 0 aliphatic heterocycles. The summed E-state index contributed by atoms with van der Waals surface area (Å²) in [6.45, 7) is 1.96.